The van der Waals surface area contributed by atoms with Gasteiger partial charge in [-0.2, -0.15) is 0 Å². The third kappa shape index (κ3) is 6.69. The first-order valence-corrected chi connectivity index (χ1v) is 5.35. The van der Waals surface area contributed by atoms with Crippen LogP contribution in [-0.2, 0) is 14.3 Å². The maximum Gasteiger partial charge on any atom is 0.332 e. The Morgan fingerprint density at radius 1 is 1.39 bits per heavy atom. The van der Waals surface area contributed by atoms with Gasteiger partial charge >= 0.3 is 18.0 Å². The second-order valence-corrected chi connectivity index (χ2v) is 3.62. The van der Waals surface area contributed by atoms with Gasteiger partial charge in [-0.3, -0.25) is 4.79 Å². The zero-order chi connectivity index (χ0) is 14.1. The highest BCUT2D eigenvalue weighted by Crippen LogP contribution is 1.93. The summed E-state index contributed by atoms with van der Waals surface area (Å²) >= 11 is 0. The van der Waals surface area contributed by atoms with Crippen molar-refractivity contribution in [1.29, 1.82) is 0 Å². The Labute approximate surface area is 105 Å². The van der Waals surface area contributed by atoms with Crippen LogP contribution < -0.4 is 5.32 Å². The fraction of sp³-hybridized carbons (Fsp3) is 0.700. The molecule has 0 aromatic heterocycles. The lowest BCUT2D eigenvalue weighted by Gasteiger charge is -2.17. The van der Waals surface area contributed by atoms with Crippen molar-refractivity contribution in [2.45, 2.75) is 18.9 Å². The van der Waals surface area contributed by atoms with Crippen molar-refractivity contribution in [2.24, 2.45) is 0 Å². The average Bonchev–Trinajstić information content (AvgIpc) is 2.34. The SMILES string of the molecule is COC(=O)CCN(C)C(=O)NCCC(O)C(=O)O. The van der Waals surface area contributed by atoms with Gasteiger partial charge in [0, 0.05) is 26.6 Å². The van der Waals surface area contributed by atoms with Crippen LogP contribution in [0.3, 0.4) is 0 Å². The average molecular weight is 262 g/mol. The molecule has 0 aromatic rings. The summed E-state index contributed by atoms with van der Waals surface area (Å²) in [7, 11) is 2.75. The molecule has 1 unspecified atom stereocenters. The van der Waals surface area contributed by atoms with Gasteiger partial charge in [0.05, 0.1) is 13.5 Å². The molecule has 8 heteroatoms. The van der Waals surface area contributed by atoms with Gasteiger partial charge < -0.3 is 25.2 Å². The number of ether oxygens (including phenoxy) is 1. The van der Waals surface area contributed by atoms with Crippen LogP contribution in [-0.4, -0.2) is 66.4 Å². The predicted octanol–water partition coefficient (Wildman–Crippen LogP) is -0.973. The van der Waals surface area contributed by atoms with E-state index in [1.807, 2.05) is 0 Å². The third-order valence-electron chi connectivity index (χ3n) is 2.20. The molecule has 0 fully saturated rings. The molecule has 18 heavy (non-hydrogen) atoms. The van der Waals surface area contributed by atoms with Crippen LogP contribution in [0.2, 0.25) is 0 Å². The number of hydrogen-bond acceptors (Lipinski definition) is 5. The monoisotopic (exact) mass is 262 g/mol. The molecule has 0 bridgehead atoms. The van der Waals surface area contributed by atoms with Crippen molar-refractivity contribution in [3.8, 4) is 0 Å². The Kier molecular flexibility index (Phi) is 7.45. The number of carboxylic acids is 1. The lowest BCUT2D eigenvalue weighted by atomic mass is 10.2. The minimum absolute atomic E-state index is 0.0366. The molecule has 0 saturated heterocycles. The minimum atomic E-state index is -1.49. The molecule has 0 aromatic carbocycles. The highest BCUT2D eigenvalue weighted by Gasteiger charge is 2.14. The van der Waals surface area contributed by atoms with Gasteiger partial charge in [-0.1, -0.05) is 0 Å². The lowest BCUT2D eigenvalue weighted by molar-refractivity contribution is -0.146. The number of carbonyl (C=O) groups is 3. The van der Waals surface area contributed by atoms with E-state index in [1.165, 1.54) is 19.1 Å². The Morgan fingerprint density at radius 3 is 2.50 bits per heavy atom. The number of aliphatic hydroxyl groups excluding tert-OH is 1. The van der Waals surface area contributed by atoms with Crippen LogP contribution >= 0.6 is 0 Å². The summed E-state index contributed by atoms with van der Waals surface area (Å²) in [6.07, 6.45) is -1.49. The number of methoxy groups -OCH3 is 1. The number of aliphatic carboxylic acids is 1. The van der Waals surface area contributed by atoms with Gasteiger partial charge in [0.25, 0.3) is 0 Å². The number of aliphatic hydroxyl groups is 1. The first-order valence-electron chi connectivity index (χ1n) is 5.35. The second kappa shape index (κ2) is 8.29. The lowest BCUT2D eigenvalue weighted by Crippen LogP contribution is -2.40. The van der Waals surface area contributed by atoms with E-state index >= 15 is 0 Å². The Balaban J connectivity index is 3.81. The van der Waals surface area contributed by atoms with E-state index in [0.717, 1.165) is 0 Å². The Hall–Kier alpha value is -1.83. The fourth-order valence-electron chi connectivity index (χ4n) is 1.04. The van der Waals surface area contributed by atoms with E-state index < -0.39 is 24.1 Å². The minimum Gasteiger partial charge on any atom is -0.479 e. The number of hydrogen-bond donors (Lipinski definition) is 3. The van der Waals surface area contributed by atoms with E-state index in [2.05, 4.69) is 10.1 Å². The molecule has 0 aliphatic heterocycles. The molecular weight excluding hydrogens is 244 g/mol. The molecule has 0 aliphatic carbocycles. The standard InChI is InChI=1S/C10H18N2O6/c1-12(6-4-8(14)18-2)10(17)11-5-3-7(13)9(15)16/h7,13H,3-6H2,1-2H3,(H,11,17)(H,15,16). The summed E-state index contributed by atoms with van der Waals surface area (Å²) in [6.45, 7) is 0.231. The van der Waals surface area contributed by atoms with Gasteiger partial charge in [0.1, 0.15) is 0 Å². The molecule has 0 aliphatic rings. The maximum absolute atomic E-state index is 11.4. The number of carboxylic acid groups (broad SMARTS) is 1. The molecule has 104 valence electrons. The zero-order valence-electron chi connectivity index (χ0n) is 10.4. The second-order valence-electron chi connectivity index (χ2n) is 3.62. The third-order valence-corrected chi connectivity index (χ3v) is 2.20. The Morgan fingerprint density at radius 2 is 2.00 bits per heavy atom. The van der Waals surface area contributed by atoms with Crippen LogP contribution in [0.5, 0.6) is 0 Å². The molecule has 1 atom stereocenters. The molecule has 3 N–H and O–H groups in total. The predicted molar refractivity (Wildman–Crippen MR) is 60.9 cm³/mol. The number of carbonyl (C=O) groups excluding carboxylic acids is 2. The molecular formula is C10H18N2O6. The summed E-state index contributed by atoms with van der Waals surface area (Å²) < 4.78 is 4.42. The summed E-state index contributed by atoms with van der Waals surface area (Å²) in [6, 6.07) is -0.448. The fourth-order valence-corrected chi connectivity index (χ4v) is 1.04. The number of urea groups is 1. The molecule has 0 heterocycles. The summed E-state index contributed by atoms with van der Waals surface area (Å²) in [5.74, 6) is -1.75. The summed E-state index contributed by atoms with van der Waals surface area (Å²) in [5.41, 5.74) is 0. The summed E-state index contributed by atoms with van der Waals surface area (Å²) in [4.78, 5) is 33.8. The first kappa shape index (κ1) is 16.2. The van der Waals surface area contributed by atoms with E-state index in [9.17, 15) is 14.4 Å². The molecule has 2 amide bonds. The van der Waals surface area contributed by atoms with E-state index in [0.29, 0.717) is 0 Å². The number of nitrogens with zero attached hydrogens (tertiary/aromatic N) is 1. The molecule has 0 spiro atoms. The number of esters is 1. The number of rotatable bonds is 7. The number of nitrogens with one attached hydrogen (secondary N) is 1. The van der Waals surface area contributed by atoms with Gasteiger partial charge in [0.2, 0.25) is 0 Å². The molecule has 0 saturated carbocycles. The van der Waals surface area contributed by atoms with Gasteiger partial charge in [-0.25, -0.2) is 9.59 Å². The van der Waals surface area contributed by atoms with E-state index in [-0.39, 0.29) is 25.9 Å². The smallest absolute Gasteiger partial charge is 0.332 e. The van der Waals surface area contributed by atoms with Gasteiger partial charge in [0.15, 0.2) is 6.10 Å². The van der Waals surface area contributed by atoms with Gasteiger partial charge in [-0.15, -0.1) is 0 Å². The van der Waals surface area contributed by atoms with Crippen molar-refractivity contribution in [3.05, 3.63) is 0 Å². The Bertz CT molecular complexity index is 307. The molecule has 8 nitrogen and oxygen atoms in total. The normalized spacial score (nSPS) is 11.5. The van der Waals surface area contributed by atoms with Crippen molar-refractivity contribution in [3.63, 3.8) is 0 Å². The van der Waals surface area contributed by atoms with Crippen LogP contribution in [0.25, 0.3) is 0 Å². The van der Waals surface area contributed by atoms with Crippen LogP contribution in [0, 0.1) is 0 Å². The van der Waals surface area contributed by atoms with Crippen LogP contribution in [0.4, 0.5) is 4.79 Å². The quantitative estimate of drug-likeness (QED) is 0.508. The maximum atomic E-state index is 11.4. The topological polar surface area (TPSA) is 116 Å². The van der Waals surface area contributed by atoms with Gasteiger partial charge in [-0.05, 0) is 0 Å². The van der Waals surface area contributed by atoms with Crippen molar-refractivity contribution in [1.82, 2.24) is 10.2 Å². The highest BCUT2D eigenvalue weighted by atomic mass is 16.5. The van der Waals surface area contributed by atoms with Crippen molar-refractivity contribution in [2.75, 3.05) is 27.2 Å². The van der Waals surface area contributed by atoms with Crippen LogP contribution in [0.1, 0.15) is 12.8 Å². The summed E-state index contributed by atoms with van der Waals surface area (Å²) in [5, 5.41) is 19.8. The van der Waals surface area contributed by atoms with Crippen LogP contribution in [0.15, 0.2) is 0 Å². The van der Waals surface area contributed by atoms with E-state index in [1.54, 1.807) is 0 Å². The van der Waals surface area contributed by atoms with Crippen molar-refractivity contribution < 1.29 is 29.3 Å². The van der Waals surface area contributed by atoms with Crippen molar-refractivity contribution >= 4 is 18.0 Å². The highest BCUT2D eigenvalue weighted by molar-refractivity contribution is 5.75. The van der Waals surface area contributed by atoms with E-state index in [4.69, 9.17) is 10.2 Å². The number of amides is 2. The largest absolute Gasteiger partial charge is 0.479 e. The zero-order valence-corrected chi connectivity index (χ0v) is 10.4. The molecule has 0 rings (SSSR count). The molecule has 0 radical (unpaired) electrons. The first-order chi connectivity index (χ1) is 8.38.